The maximum Gasteiger partial charge on any atom is 0.271 e. The van der Waals surface area contributed by atoms with Crippen molar-refractivity contribution < 1.29 is 19.3 Å². The Kier molecular flexibility index (Phi) is 6.04. The molecule has 3 aromatic carbocycles. The van der Waals surface area contributed by atoms with E-state index in [0.717, 1.165) is 40.8 Å². The van der Waals surface area contributed by atoms with Gasteiger partial charge in [0.1, 0.15) is 0 Å². The molecule has 0 bridgehead atoms. The predicted octanol–water partition coefficient (Wildman–Crippen LogP) is 4.05. The van der Waals surface area contributed by atoms with E-state index in [1.807, 2.05) is 30.3 Å². The standard InChI is InChI=1S/C30H26N2O5S/c1-35-23-13-10-19(16-25(23)37-3)28-21-11-9-18-6-4-5-7-20(18)27(21)31-30-32(28)29(34)26(38-30)15-17-8-12-22(33)24(14-17)36-2/h4-8,10,12-16,28,33H,9,11H2,1-3H3/b26-15-/t28-/m0/s1. The molecule has 1 aliphatic heterocycles. The first-order valence-corrected chi connectivity index (χ1v) is 13.1. The molecular formula is C30H26N2O5S. The lowest BCUT2D eigenvalue weighted by atomic mass is 9.83. The number of aromatic nitrogens is 1. The summed E-state index contributed by atoms with van der Waals surface area (Å²) in [4.78, 5) is 19.6. The summed E-state index contributed by atoms with van der Waals surface area (Å²) < 4.78 is 18.7. The number of methoxy groups -OCH3 is 3. The molecule has 4 aromatic rings. The fourth-order valence-corrected chi connectivity index (χ4v) is 6.28. The van der Waals surface area contributed by atoms with Gasteiger partial charge in [0.15, 0.2) is 27.8 Å². The largest absolute Gasteiger partial charge is 0.504 e. The number of allylic oxidation sites excluding steroid dienone is 1. The first-order chi connectivity index (χ1) is 18.5. The van der Waals surface area contributed by atoms with Crippen LogP contribution in [0.25, 0.3) is 11.8 Å². The fourth-order valence-electron chi connectivity index (χ4n) is 5.28. The second kappa shape index (κ2) is 9.54. The molecule has 192 valence electrons. The minimum Gasteiger partial charge on any atom is -0.504 e. The molecule has 2 aliphatic rings. The molecule has 0 saturated heterocycles. The van der Waals surface area contributed by atoms with E-state index in [1.54, 1.807) is 37.0 Å². The third-order valence-corrected chi connectivity index (χ3v) is 8.08. The molecule has 0 amide bonds. The highest BCUT2D eigenvalue weighted by atomic mass is 32.1. The van der Waals surface area contributed by atoms with Crippen LogP contribution in [-0.2, 0) is 6.42 Å². The van der Waals surface area contributed by atoms with Crippen LogP contribution < -0.4 is 29.1 Å². The Morgan fingerprint density at radius 3 is 2.53 bits per heavy atom. The number of thiazole rings is 1. The van der Waals surface area contributed by atoms with Crippen molar-refractivity contribution in [1.82, 2.24) is 4.57 Å². The number of hydrogen-bond acceptors (Lipinski definition) is 7. The molecule has 1 aromatic heterocycles. The van der Waals surface area contributed by atoms with Gasteiger partial charge in [-0.2, -0.15) is 0 Å². The quantitative estimate of drug-likeness (QED) is 0.424. The average molecular weight is 527 g/mol. The summed E-state index contributed by atoms with van der Waals surface area (Å²) in [5.74, 6) is 1.64. The molecule has 0 unspecified atom stereocenters. The van der Waals surface area contributed by atoms with Gasteiger partial charge >= 0.3 is 0 Å². The maximum atomic E-state index is 13.9. The molecule has 1 N–H and O–H groups in total. The Morgan fingerprint density at radius 2 is 1.74 bits per heavy atom. The number of nitrogens with zero attached hydrogens (tertiary/aromatic N) is 2. The summed E-state index contributed by atoms with van der Waals surface area (Å²) in [6.45, 7) is 0. The van der Waals surface area contributed by atoms with E-state index < -0.39 is 0 Å². The third kappa shape index (κ3) is 3.88. The minimum absolute atomic E-state index is 0.0471. The summed E-state index contributed by atoms with van der Waals surface area (Å²) >= 11 is 1.36. The Hall–Kier alpha value is -4.30. The molecule has 8 heteroatoms. The number of ether oxygens (including phenoxy) is 3. The van der Waals surface area contributed by atoms with E-state index in [9.17, 15) is 9.90 Å². The molecule has 0 radical (unpaired) electrons. The van der Waals surface area contributed by atoms with E-state index in [1.165, 1.54) is 24.0 Å². The summed E-state index contributed by atoms with van der Waals surface area (Å²) in [7, 11) is 4.72. The zero-order valence-corrected chi connectivity index (χ0v) is 22.0. The van der Waals surface area contributed by atoms with Crippen molar-refractivity contribution in [1.29, 1.82) is 0 Å². The van der Waals surface area contributed by atoms with Gasteiger partial charge in [-0.1, -0.05) is 47.7 Å². The van der Waals surface area contributed by atoms with Gasteiger partial charge < -0.3 is 19.3 Å². The number of rotatable bonds is 5. The smallest absolute Gasteiger partial charge is 0.271 e. The normalized spacial score (nSPS) is 16.3. The molecule has 6 rings (SSSR count). The molecule has 38 heavy (non-hydrogen) atoms. The lowest BCUT2D eigenvalue weighted by Crippen LogP contribution is -2.38. The third-order valence-electron chi connectivity index (χ3n) is 7.10. The van der Waals surface area contributed by atoms with Gasteiger partial charge in [0, 0.05) is 5.56 Å². The van der Waals surface area contributed by atoms with Crippen molar-refractivity contribution in [3.05, 3.63) is 108 Å². The van der Waals surface area contributed by atoms with Gasteiger partial charge in [-0.3, -0.25) is 9.36 Å². The van der Waals surface area contributed by atoms with Crippen LogP contribution in [0.15, 0.2) is 76.0 Å². The molecule has 0 fully saturated rings. The molecule has 0 spiro atoms. The summed E-state index contributed by atoms with van der Waals surface area (Å²) in [6, 6.07) is 18.8. The molecular weight excluding hydrogens is 500 g/mol. The molecule has 1 atom stereocenters. The van der Waals surface area contributed by atoms with Crippen LogP contribution in [0.2, 0.25) is 0 Å². The Balaban J connectivity index is 1.60. The Bertz CT molecular complexity index is 1780. The van der Waals surface area contributed by atoms with Crippen molar-refractivity contribution >= 4 is 23.1 Å². The van der Waals surface area contributed by atoms with Crippen LogP contribution >= 0.6 is 11.3 Å². The molecule has 2 heterocycles. The van der Waals surface area contributed by atoms with Gasteiger partial charge in [-0.25, -0.2) is 4.99 Å². The number of aromatic hydroxyl groups is 1. The van der Waals surface area contributed by atoms with Crippen molar-refractivity contribution in [3.63, 3.8) is 0 Å². The topological polar surface area (TPSA) is 82.3 Å². The monoisotopic (exact) mass is 526 g/mol. The van der Waals surface area contributed by atoms with E-state index >= 15 is 0 Å². The molecule has 1 aliphatic carbocycles. The second-order valence-electron chi connectivity index (χ2n) is 9.16. The number of fused-ring (bicyclic) bond motifs is 3. The van der Waals surface area contributed by atoms with Gasteiger partial charge in [-0.15, -0.1) is 0 Å². The van der Waals surface area contributed by atoms with Gasteiger partial charge in [-0.05, 0) is 65.4 Å². The highest BCUT2D eigenvalue weighted by molar-refractivity contribution is 7.07. The molecule has 0 saturated carbocycles. The van der Waals surface area contributed by atoms with Crippen molar-refractivity contribution in [2.45, 2.75) is 18.9 Å². The fraction of sp³-hybridized carbons (Fsp3) is 0.200. The lowest BCUT2D eigenvalue weighted by molar-refractivity contribution is 0.354. The molecule has 7 nitrogen and oxygen atoms in total. The number of aryl methyl sites for hydroxylation is 1. The van der Waals surface area contributed by atoms with E-state index in [4.69, 9.17) is 19.2 Å². The van der Waals surface area contributed by atoms with Crippen molar-refractivity contribution in [3.8, 4) is 23.0 Å². The van der Waals surface area contributed by atoms with Gasteiger partial charge in [0.2, 0.25) is 0 Å². The van der Waals surface area contributed by atoms with Crippen LogP contribution in [0.1, 0.15) is 34.7 Å². The van der Waals surface area contributed by atoms with Gasteiger partial charge in [0.05, 0.1) is 37.6 Å². The van der Waals surface area contributed by atoms with E-state index in [-0.39, 0.29) is 17.4 Å². The van der Waals surface area contributed by atoms with Gasteiger partial charge in [0.25, 0.3) is 5.56 Å². The number of phenolic OH excluding ortho intramolecular Hbond substituents is 1. The second-order valence-corrected chi connectivity index (χ2v) is 10.2. The van der Waals surface area contributed by atoms with Crippen LogP contribution in [-0.4, -0.2) is 31.0 Å². The predicted molar refractivity (Wildman–Crippen MR) is 147 cm³/mol. The highest BCUT2D eigenvalue weighted by Gasteiger charge is 2.33. The summed E-state index contributed by atoms with van der Waals surface area (Å²) in [5, 5.41) is 9.99. The van der Waals surface area contributed by atoms with Crippen LogP contribution in [0.5, 0.6) is 23.0 Å². The number of hydrogen-bond donors (Lipinski definition) is 1. The highest BCUT2D eigenvalue weighted by Crippen LogP contribution is 2.42. The zero-order chi connectivity index (χ0) is 26.4. The Labute approximate surface area is 223 Å². The summed E-state index contributed by atoms with van der Waals surface area (Å²) in [5.41, 5.74) is 5.99. The van der Waals surface area contributed by atoms with Crippen LogP contribution in [0.4, 0.5) is 0 Å². The first kappa shape index (κ1) is 24.1. The van der Waals surface area contributed by atoms with E-state index in [0.29, 0.717) is 26.6 Å². The minimum atomic E-state index is -0.328. The van der Waals surface area contributed by atoms with Crippen LogP contribution in [0, 0.1) is 0 Å². The SMILES string of the molecule is COc1cc(/C=c2\sc3n(c2=O)[C@@H](c2ccc(OC)c(OC)c2)C2=C(N=3)c3ccccc3CC2)ccc1O. The van der Waals surface area contributed by atoms with Crippen molar-refractivity contribution in [2.24, 2.45) is 4.99 Å². The zero-order valence-electron chi connectivity index (χ0n) is 21.2. The lowest BCUT2D eigenvalue weighted by Gasteiger charge is -2.31. The summed E-state index contributed by atoms with van der Waals surface area (Å²) in [6.07, 6.45) is 3.49. The van der Waals surface area contributed by atoms with Crippen LogP contribution in [0.3, 0.4) is 0 Å². The Morgan fingerprint density at radius 1 is 0.947 bits per heavy atom. The van der Waals surface area contributed by atoms with Crippen molar-refractivity contribution in [2.75, 3.05) is 21.3 Å². The van der Waals surface area contributed by atoms with E-state index in [2.05, 4.69) is 18.2 Å². The number of phenols is 1. The maximum absolute atomic E-state index is 13.9. The first-order valence-electron chi connectivity index (χ1n) is 12.2. The number of benzene rings is 3. The average Bonchev–Trinajstić information content (AvgIpc) is 3.26.